The number of nitrogens with zero attached hydrogens (tertiary/aromatic N) is 2. The second kappa shape index (κ2) is 9.26. The zero-order valence-corrected chi connectivity index (χ0v) is 18.7. The molecule has 29 heavy (non-hydrogen) atoms. The molecule has 0 aliphatic carbocycles. The van der Waals surface area contributed by atoms with Crippen LogP contribution in [-0.4, -0.2) is 16.4 Å². The molecule has 0 spiro atoms. The van der Waals surface area contributed by atoms with Gasteiger partial charge in [0.2, 0.25) is 0 Å². The zero-order valence-electron chi connectivity index (χ0n) is 16.7. The van der Waals surface area contributed by atoms with Gasteiger partial charge in [-0.05, 0) is 54.6 Å². The average Bonchev–Trinajstić information content (AvgIpc) is 2.81. The second-order valence-corrected chi connectivity index (χ2v) is 7.79. The van der Waals surface area contributed by atoms with Crippen LogP contribution in [0.25, 0.3) is 0 Å². The molecule has 0 saturated heterocycles. The summed E-state index contributed by atoms with van der Waals surface area (Å²) in [6.07, 6.45) is 0.177. The molecule has 0 saturated carbocycles. The van der Waals surface area contributed by atoms with Gasteiger partial charge in [-0.2, -0.15) is 0 Å². The molecule has 0 atom stereocenters. The van der Waals surface area contributed by atoms with E-state index in [0.717, 1.165) is 16.3 Å². The van der Waals surface area contributed by atoms with Crippen molar-refractivity contribution in [1.82, 2.24) is 0 Å². The van der Waals surface area contributed by atoms with Gasteiger partial charge in [-0.25, -0.2) is 0 Å². The van der Waals surface area contributed by atoms with Gasteiger partial charge in [-0.15, -0.1) is 0 Å². The molecule has 0 aliphatic heterocycles. The first-order chi connectivity index (χ1) is 14.4. The lowest BCUT2D eigenvalue weighted by Gasteiger charge is -2.42. The number of para-hydroxylation sites is 4. The largest absolute Gasteiger partial charge is 0.321 e. The highest BCUT2D eigenvalue weighted by Gasteiger charge is 2.27. The summed E-state index contributed by atoms with van der Waals surface area (Å²) in [5, 5.41) is 0. The summed E-state index contributed by atoms with van der Waals surface area (Å²) in [5.41, 5.74) is 4.82. The van der Waals surface area contributed by atoms with Crippen LogP contribution in [0.1, 0.15) is 0 Å². The van der Waals surface area contributed by atoms with Gasteiger partial charge in [0.05, 0.1) is 0 Å². The number of hydrogen-bond acceptors (Lipinski definition) is 2. The molecule has 0 N–H and O–H groups in total. The van der Waals surface area contributed by atoms with E-state index in [2.05, 4.69) is 131 Å². The molecule has 0 fully saturated rings. The van der Waals surface area contributed by atoms with Crippen molar-refractivity contribution in [1.29, 1.82) is 0 Å². The predicted molar refractivity (Wildman–Crippen MR) is 129 cm³/mol. The van der Waals surface area contributed by atoms with Gasteiger partial charge in [-0.1, -0.05) is 72.8 Å². The average molecular weight is 395 g/mol. The maximum absolute atomic E-state index is 2.47. The number of rotatable bonds is 7. The molecule has 0 amide bonds. The molecule has 0 unspecified atom stereocenters. The molecule has 0 bridgehead atoms. The predicted octanol–water partition coefficient (Wildman–Crippen LogP) is 5.77. The van der Waals surface area contributed by atoms with E-state index in [0.29, 0.717) is 0 Å². The van der Waals surface area contributed by atoms with E-state index in [4.69, 9.17) is 0 Å². The topological polar surface area (TPSA) is 6.48 Å². The van der Waals surface area contributed by atoms with Crippen molar-refractivity contribution < 1.29 is 0 Å². The van der Waals surface area contributed by atoms with Crippen molar-refractivity contribution in [2.75, 3.05) is 9.80 Å². The van der Waals surface area contributed by atoms with Crippen LogP contribution in [-0.2, 0) is 0 Å². The molecule has 3 heteroatoms. The van der Waals surface area contributed by atoms with Gasteiger partial charge in [0.15, 0.2) is 0 Å². The van der Waals surface area contributed by atoms with Gasteiger partial charge in [0.1, 0.15) is 6.17 Å². The highest BCUT2D eigenvalue weighted by molar-refractivity contribution is 6.09. The first-order valence-corrected chi connectivity index (χ1v) is 11.6. The molecular weight excluding hydrogens is 368 g/mol. The quantitative estimate of drug-likeness (QED) is 0.290. The highest BCUT2D eigenvalue weighted by Crippen LogP contribution is 2.36. The van der Waals surface area contributed by atoms with Crippen molar-refractivity contribution >= 4 is 33.0 Å². The Balaban J connectivity index is 1.88. The van der Waals surface area contributed by atoms with Gasteiger partial charge >= 0.3 is 0 Å². The van der Waals surface area contributed by atoms with Crippen LogP contribution in [0.5, 0.6) is 0 Å². The van der Waals surface area contributed by atoms with Crippen LogP contribution >= 0.6 is 0 Å². The Kier molecular flexibility index (Phi) is 6.08. The Hall–Kier alpha value is -3.30. The van der Waals surface area contributed by atoms with Gasteiger partial charge in [0, 0.05) is 33.0 Å². The van der Waals surface area contributed by atoms with Crippen LogP contribution in [0.2, 0.25) is 6.04 Å². The fraction of sp³-hybridized carbons (Fsp3) is 0.0769. The Bertz CT molecular complexity index is 830. The molecule has 4 rings (SSSR count). The Labute approximate surface area is 176 Å². The number of benzene rings is 4. The standard InChI is InChI=1S/C26H26N2Si/c29-21-26(27(22-13-5-1-6-14-22)23-15-7-2-8-16-23)28(24-17-9-3-10-18-24)25-19-11-4-12-20-25/h1-20,26H,21H2,29H3. The van der Waals surface area contributed by atoms with E-state index < -0.39 is 0 Å². The van der Waals surface area contributed by atoms with Crippen molar-refractivity contribution in [2.45, 2.75) is 12.2 Å². The summed E-state index contributed by atoms with van der Waals surface area (Å²) in [6.45, 7) is 0. The fourth-order valence-corrected chi connectivity index (χ4v) is 4.55. The van der Waals surface area contributed by atoms with Crippen molar-refractivity contribution in [3.8, 4) is 0 Å². The minimum atomic E-state index is 0.177. The minimum Gasteiger partial charge on any atom is -0.321 e. The lowest BCUT2D eigenvalue weighted by molar-refractivity contribution is 0.720. The normalized spacial score (nSPS) is 10.8. The maximum atomic E-state index is 2.47. The smallest absolute Gasteiger partial charge is 0.108 e. The van der Waals surface area contributed by atoms with Crippen molar-refractivity contribution in [2.24, 2.45) is 0 Å². The van der Waals surface area contributed by atoms with E-state index in [1.807, 2.05) is 0 Å². The summed E-state index contributed by atoms with van der Waals surface area (Å²) in [7, 11) is 1.09. The molecule has 2 nitrogen and oxygen atoms in total. The van der Waals surface area contributed by atoms with E-state index in [-0.39, 0.29) is 6.17 Å². The lowest BCUT2D eigenvalue weighted by atomic mass is 10.1. The van der Waals surface area contributed by atoms with Crippen molar-refractivity contribution in [3.05, 3.63) is 121 Å². The monoisotopic (exact) mass is 394 g/mol. The Morgan fingerprint density at radius 1 is 0.448 bits per heavy atom. The fourth-order valence-electron chi connectivity index (χ4n) is 3.82. The van der Waals surface area contributed by atoms with Crippen LogP contribution in [0.4, 0.5) is 22.7 Å². The van der Waals surface area contributed by atoms with Crippen LogP contribution in [0, 0.1) is 0 Å². The van der Waals surface area contributed by atoms with E-state index >= 15 is 0 Å². The van der Waals surface area contributed by atoms with Gasteiger partial charge < -0.3 is 9.80 Å². The second-order valence-electron chi connectivity index (χ2n) is 6.97. The van der Waals surface area contributed by atoms with Crippen LogP contribution < -0.4 is 9.80 Å². The summed E-state index contributed by atoms with van der Waals surface area (Å²) in [6, 6.07) is 43.9. The van der Waals surface area contributed by atoms with Crippen molar-refractivity contribution in [3.63, 3.8) is 0 Å². The Morgan fingerprint density at radius 2 is 0.690 bits per heavy atom. The molecule has 0 aromatic heterocycles. The molecule has 4 aromatic carbocycles. The summed E-state index contributed by atoms with van der Waals surface area (Å²) in [4.78, 5) is 4.93. The van der Waals surface area contributed by atoms with E-state index in [1.54, 1.807) is 0 Å². The van der Waals surface area contributed by atoms with Gasteiger partial charge in [0.25, 0.3) is 0 Å². The summed E-state index contributed by atoms with van der Waals surface area (Å²) < 4.78 is 0. The third-order valence-electron chi connectivity index (χ3n) is 5.10. The minimum absolute atomic E-state index is 0.177. The van der Waals surface area contributed by atoms with E-state index in [1.165, 1.54) is 22.7 Å². The molecular formula is C26H26N2Si. The zero-order chi connectivity index (χ0) is 19.9. The first kappa shape index (κ1) is 19.0. The summed E-state index contributed by atoms with van der Waals surface area (Å²) in [5.74, 6) is 0. The molecule has 0 radical (unpaired) electrons. The Morgan fingerprint density at radius 3 is 0.897 bits per heavy atom. The molecule has 0 aliphatic rings. The number of anilines is 4. The van der Waals surface area contributed by atoms with Crippen LogP contribution in [0.15, 0.2) is 121 Å². The maximum Gasteiger partial charge on any atom is 0.108 e. The lowest BCUT2D eigenvalue weighted by Crippen LogP contribution is -2.44. The summed E-state index contributed by atoms with van der Waals surface area (Å²) >= 11 is 0. The SMILES string of the molecule is [SiH3]CC(N(c1ccccc1)c1ccccc1)N(c1ccccc1)c1ccccc1. The van der Waals surface area contributed by atoms with E-state index in [9.17, 15) is 0 Å². The van der Waals surface area contributed by atoms with Gasteiger partial charge in [-0.3, -0.25) is 0 Å². The first-order valence-electron chi connectivity index (χ1n) is 10.2. The molecule has 0 heterocycles. The van der Waals surface area contributed by atoms with Crippen LogP contribution in [0.3, 0.4) is 0 Å². The third kappa shape index (κ3) is 4.25. The number of hydrogen-bond donors (Lipinski definition) is 0. The third-order valence-corrected chi connectivity index (χ3v) is 5.83. The highest BCUT2D eigenvalue weighted by atomic mass is 28.1. The molecule has 144 valence electrons. The molecule has 4 aromatic rings.